The summed E-state index contributed by atoms with van der Waals surface area (Å²) in [5.74, 6) is 1.13. The van der Waals surface area contributed by atoms with E-state index in [1.54, 1.807) is 11.1 Å². The van der Waals surface area contributed by atoms with Gasteiger partial charge in [0.25, 0.3) is 0 Å². The Morgan fingerprint density at radius 2 is 1.80 bits per heavy atom. The number of carboxylic acid groups (broad SMARTS) is 1. The van der Waals surface area contributed by atoms with Crippen molar-refractivity contribution in [1.82, 2.24) is 29.7 Å². The number of carbonyl (C=O) groups excluding carboxylic acids is 1. The number of hydrogen-bond donors (Lipinski definition) is 3. The van der Waals surface area contributed by atoms with Crippen molar-refractivity contribution in [3.63, 3.8) is 0 Å². The van der Waals surface area contributed by atoms with Crippen LogP contribution in [0.4, 0.5) is 16.3 Å². The number of fused-ring (bicyclic) bond motifs is 1. The molecule has 46 heavy (non-hydrogen) atoms. The summed E-state index contributed by atoms with van der Waals surface area (Å²) in [6.07, 6.45) is 3.95. The summed E-state index contributed by atoms with van der Waals surface area (Å²) in [5.41, 5.74) is 12.4. The third-order valence-electron chi connectivity index (χ3n) is 9.30. The van der Waals surface area contributed by atoms with Gasteiger partial charge >= 0.3 is 6.09 Å². The van der Waals surface area contributed by atoms with E-state index >= 15 is 0 Å². The molecule has 2 fully saturated rings. The molecule has 234 valence electrons. The lowest BCUT2D eigenvalue weighted by Gasteiger charge is -2.42. The predicted octanol–water partition coefficient (Wildman–Crippen LogP) is 5.29. The second kappa shape index (κ2) is 11.5. The number of carbonyl (C=O) groups is 2. The summed E-state index contributed by atoms with van der Waals surface area (Å²) in [6, 6.07) is 23.8. The van der Waals surface area contributed by atoms with Gasteiger partial charge in [0.2, 0.25) is 5.91 Å². The van der Waals surface area contributed by atoms with Gasteiger partial charge in [-0.05, 0) is 79.8 Å². The molecule has 1 saturated heterocycles. The maximum Gasteiger partial charge on any atom is 0.405 e. The molecule has 5 aromatic rings. The summed E-state index contributed by atoms with van der Waals surface area (Å²) < 4.78 is 1.98. The largest absolute Gasteiger partial charge is 0.465 e. The molecule has 4 heterocycles. The van der Waals surface area contributed by atoms with Crippen LogP contribution >= 0.6 is 0 Å². The highest BCUT2D eigenvalue weighted by molar-refractivity contribution is 5.85. The van der Waals surface area contributed by atoms with E-state index in [9.17, 15) is 14.7 Å². The Kier molecular flexibility index (Phi) is 7.31. The van der Waals surface area contributed by atoms with Crippen molar-refractivity contribution in [2.75, 3.05) is 37.8 Å². The van der Waals surface area contributed by atoms with Crippen LogP contribution in [0.5, 0.6) is 0 Å². The molecule has 0 radical (unpaired) electrons. The molecule has 2 amide bonds. The predicted molar refractivity (Wildman–Crippen MR) is 178 cm³/mol. The van der Waals surface area contributed by atoms with Crippen LogP contribution in [-0.2, 0) is 10.3 Å². The molecule has 4 N–H and O–H groups in total. The van der Waals surface area contributed by atoms with Gasteiger partial charge in [0, 0.05) is 50.3 Å². The summed E-state index contributed by atoms with van der Waals surface area (Å²) in [4.78, 5) is 42.5. The number of aromatic nitrogens is 4. The zero-order chi connectivity index (χ0) is 32.0. The molecule has 1 aliphatic carbocycles. The molecule has 1 unspecified atom stereocenters. The SMILES string of the molecule is CN(C)C(=O)C1CCN(c2cccc(-c3ccc4nc(-c5cccnc5N)n(-c5ccc(C6(NC(=O)O)CCC6)cc5)c4n3)c2)C1. The topological polar surface area (TPSA) is 142 Å². The van der Waals surface area contributed by atoms with Crippen molar-refractivity contribution in [2.45, 2.75) is 31.2 Å². The minimum Gasteiger partial charge on any atom is -0.465 e. The van der Waals surface area contributed by atoms with Gasteiger partial charge in [0.05, 0.1) is 22.7 Å². The number of pyridine rings is 2. The van der Waals surface area contributed by atoms with E-state index in [1.807, 2.05) is 79.3 Å². The van der Waals surface area contributed by atoms with Crippen molar-refractivity contribution >= 4 is 34.7 Å². The first-order chi connectivity index (χ1) is 22.2. The van der Waals surface area contributed by atoms with E-state index in [2.05, 4.69) is 27.3 Å². The molecule has 0 bridgehead atoms. The first-order valence-electron chi connectivity index (χ1n) is 15.5. The maximum absolute atomic E-state index is 12.6. The van der Waals surface area contributed by atoms with Crippen LogP contribution in [0.1, 0.15) is 31.2 Å². The van der Waals surface area contributed by atoms with Crippen molar-refractivity contribution < 1.29 is 14.7 Å². The highest BCUT2D eigenvalue weighted by Gasteiger charge is 2.40. The lowest BCUT2D eigenvalue weighted by Crippen LogP contribution is -2.50. The summed E-state index contributed by atoms with van der Waals surface area (Å²) in [6.45, 7) is 1.51. The number of rotatable bonds is 7. The Morgan fingerprint density at radius 3 is 2.50 bits per heavy atom. The molecule has 2 aliphatic rings. The number of nitrogens with one attached hydrogen (secondary N) is 1. The molecule has 0 spiro atoms. The second-order valence-corrected chi connectivity index (χ2v) is 12.4. The summed E-state index contributed by atoms with van der Waals surface area (Å²) in [5, 5.41) is 12.2. The number of amides is 2. The number of benzene rings is 2. The fourth-order valence-corrected chi connectivity index (χ4v) is 6.72. The third-order valence-corrected chi connectivity index (χ3v) is 9.30. The highest BCUT2D eigenvalue weighted by Crippen LogP contribution is 2.42. The van der Waals surface area contributed by atoms with Gasteiger partial charge in [-0.1, -0.05) is 24.3 Å². The zero-order valence-corrected chi connectivity index (χ0v) is 25.8. The summed E-state index contributed by atoms with van der Waals surface area (Å²) >= 11 is 0. The van der Waals surface area contributed by atoms with Gasteiger partial charge in [-0.15, -0.1) is 0 Å². The average molecular weight is 617 g/mol. The molecule has 1 aliphatic heterocycles. The minimum atomic E-state index is -1.02. The molecule has 2 aromatic carbocycles. The van der Waals surface area contributed by atoms with E-state index in [4.69, 9.17) is 15.7 Å². The van der Waals surface area contributed by atoms with Crippen LogP contribution in [-0.4, -0.2) is 68.7 Å². The first-order valence-corrected chi connectivity index (χ1v) is 15.5. The van der Waals surface area contributed by atoms with Gasteiger partial charge in [-0.2, -0.15) is 0 Å². The number of nitrogen functional groups attached to an aromatic ring is 1. The van der Waals surface area contributed by atoms with Crippen LogP contribution in [0.3, 0.4) is 0 Å². The lowest BCUT2D eigenvalue weighted by atomic mass is 9.72. The molecule has 11 heteroatoms. The second-order valence-electron chi connectivity index (χ2n) is 12.4. The van der Waals surface area contributed by atoms with Gasteiger partial charge < -0.3 is 26.0 Å². The van der Waals surface area contributed by atoms with Crippen LogP contribution in [0.2, 0.25) is 0 Å². The van der Waals surface area contributed by atoms with Crippen molar-refractivity contribution in [3.8, 4) is 28.3 Å². The number of nitrogens with two attached hydrogens (primary N) is 1. The van der Waals surface area contributed by atoms with E-state index in [0.717, 1.165) is 60.4 Å². The number of nitrogens with zero attached hydrogens (tertiary/aromatic N) is 6. The molecule has 11 nitrogen and oxygen atoms in total. The normalized spacial score (nSPS) is 17.1. The summed E-state index contributed by atoms with van der Waals surface area (Å²) in [7, 11) is 3.62. The van der Waals surface area contributed by atoms with E-state index in [1.165, 1.54) is 0 Å². The number of imidazole rings is 1. The standard InChI is InChI=1S/C35H36N8O3/c1-41(2)33(44)23-15-19-42(21-23)26-7-3-6-22(20-26)28-13-14-29-32(38-28)43(31(39-29)27-8-4-18-37-30(27)36)25-11-9-24(10-12-25)35(16-5-17-35)40-34(45)46/h3-4,6-14,18,20,23,40H,5,15-17,19,21H2,1-2H3,(H2,36,37)(H,45,46). The number of hydrogen-bond acceptors (Lipinski definition) is 7. The Balaban J connectivity index is 1.29. The van der Waals surface area contributed by atoms with E-state index < -0.39 is 11.6 Å². The van der Waals surface area contributed by atoms with Gasteiger partial charge in [0.1, 0.15) is 11.3 Å². The van der Waals surface area contributed by atoms with Crippen molar-refractivity contribution in [3.05, 3.63) is 84.6 Å². The van der Waals surface area contributed by atoms with E-state index in [-0.39, 0.29) is 11.8 Å². The van der Waals surface area contributed by atoms with Crippen LogP contribution < -0.4 is 16.0 Å². The molecular formula is C35H36N8O3. The van der Waals surface area contributed by atoms with Crippen molar-refractivity contribution in [1.29, 1.82) is 0 Å². The monoisotopic (exact) mass is 616 g/mol. The molecular weight excluding hydrogens is 580 g/mol. The molecule has 1 atom stereocenters. The fraction of sp³-hybridized carbons (Fsp3) is 0.286. The lowest BCUT2D eigenvalue weighted by molar-refractivity contribution is -0.132. The van der Waals surface area contributed by atoms with Gasteiger partial charge in [0.15, 0.2) is 11.5 Å². The van der Waals surface area contributed by atoms with Crippen LogP contribution in [0.15, 0.2) is 79.0 Å². The molecule has 3 aromatic heterocycles. The molecule has 1 saturated carbocycles. The average Bonchev–Trinajstić information content (AvgIpc) is 3.68. The number of anilines is 2. The Morgan fingerprint density at radius 1 is 1.00 bits per heavy atom. The maximum atomic E-state index is 12.6. The quantitative estimate of drug-likeness (QED) is 0.224. The Labute approximate surface area is 266 Å². The van der Waals surface area contributed by atoms with Gasteiger partial charge in [-0.25, -0.2) is 19.7 Å². The molecule has 7 rings (SSSR count). The third kappa shape index (κ3) is 5.17. The van der Waals surface area contributed by atoms with E-state index in [0.29, 0.717) is 34.9 Å². The zero-order valence-electron chi connectivity index (χ0n) is 25.8. The van der Waals surface area contributed by atoms with Gasteiger partial charge in [-0.3, -0.25) is 9.36 Å². The van der Waals surface area contributed by atoms with Crippen molar-refractivity contribution in [2.24, 2.45) is 5.92 Å². The smallest absolute Gasteiger partial charge is 0.405 e. The first kappa shape index (κ1) is 29.3. The fourth-order valence-electron chi connectivity index (χ4n) is 6.72. The Bertz CT molecular complexity index is 1950. The minimum absolute atomic E-state index is 0.00807. The Hall–Kier alpha value is -5.45. The van der Waals surface area contributed by atoms with Crippen LogP contribution in [0, 0.1) is 5.92 Å². The highest BCUT2D eigenvalue weighted by atomic mass is 16.4. The van der Waals surface area contributed by atoms with Crippen LogP contribution in [0.25, 0.3) is 39.5 Å².